The first-order valence-corrected chi connectivity index (χ1v) is 13.8. The molecule has 176 valence electrons. The van der Waals surface area contributed by atoms with Crippen molar-refractivity contribution < 1.29 is 13.3 Å². The third-order valence-corrected chi connectivity index (χ3v) is 8.26. The first-order valence-electron chi connectivity index (χ1n) is 11.2. The predicted molar refractivity (Wildman–Crippen MR) is 135 cm³/mol. The van der Waals surface area contributed by atoms with E-state index in [0.29, 0.717) is 28.9 Å². The van der Waals surface area contributed by atoms with Crippen molar-refractivity contribution in [2.24, 2.45) is 15.7 Å². The first-order chi connectivity index (χ1) is 16.8. The van der Waals surface area contributed by atoms with Gasteiger partial charge >= 0.3 is 0 Å². The number of nitrogens with zero attached hydrogens (tertiary/aromatic N) is 4. The van der Waals surface area contributed by atoms with Crippen molar-refractivity contribution in [3.63, 3.8) is 0 Å². The molecule has 35 heavy (non-hydrogen) atoms. The molecule has 0 amide bonds. The summed E-state index contributed by atoms with van der Waals surface area (Å²) in [4.78, 5) is 13.8. The van der Waals surface area contributed by atoms with Gasteiger partial charge in [0.15, 0.2) is 5.84 Å². The Morgan fingerprint density at radius 3 is 2.60 bits per heavy atom. The molecule has 2 N–H and O–H groups in total. The minimum atomic E-state index is -2.72. The summed E-state index contributed by atoms with van der Waals surface area (Å²) in [6, 6.07) is 14.8. The zero-order chi connectivity index (χ0) is 24.5. The van der Waals surface area contributed by atoms with E-state index in [9.17, 15) is 8.96 Å². The fourth-order valence-corrected chi connectivity index (χ4v) is 6.23. The van der Waals surface area contributed by atoms with E-state index in [0.717, 1.165) is 22.4 Å². The van der Waals surface area contributed by atoms with E-state index < -0.39 is 13.0 Å². The normalized spacial score (nSPS) is 19.0. The summed E-state index contributed by atoms with van der Waals surface area (Å²) in [5, 5.41) is 0.235. The van der Waals surface area contributed by atoms with Crippen LogP contribution in [-0.2, 0) is 4.57 Å². The second-order valence-electron chi connectivity index (χ2n) is 9.26. The van der Waals surface area contributed by atoms with Crippen molar-refractivity contribution in [1.82, 2.24) is 9.55 Å². The van der Waals surface area contributed by atoms with Crippen LogP contribution < -0.4 is 11.0 Å². The van der Waals surface area contributed by atoms with Gasteiger partial charge in [-0.3, -0.25) is 4.99 Å². The molecule has 2 atom stereocenters. The third-order valence-electron chi connectivity index (χ3n) is 6.74. The predicted octanol–water partition coefficient (Wildman–Crippen LogP) is 5.01. The van der Waals surface area contributed by atoms with Crippen LogP contribution in [0.25, 0.3) is 22.2 Å². The summed E-state index contributed by atoms with van der Waals surface area (Å²) in [6.45, 7) is 3.11. The lowest BCUT2D eigenvalue weighted by molar-refractivity contribution is 0.544. The molecule has 3 heterocycles. The molecule has 0 radical (unpaired) electrons. The highest BCUT2D eigenvalue weighted by molar-refractivity contribution is 7.70. The summed E-state index contributed by atoms with van der Waals surface area (Å²) in [6.07, 6.45) is 1.73. The molecule has 2 bridgehead atoms. The lowest BCUT2D eigenvalue weighted by Gasteiger charge is -2.19. The van der Waals surface area contributed by atoms with E-state index in [2.05, 4.69) is 4.99 Å². The van der Waals surface area contributed by atoms with Gasteiger partial charge in [0.1, 0.15) is 30.6 Å². The second-order valence-corrected chi connectivity index (χ2v) is 12.4. The number of nitrogens with two attached hydrogens (primary N) is 1. The number of aliphatic imine (C=N–C) groups is 2. The minimum Gasteiger partial charge on any atom is -0.390 e. The SMILES string of the molecule is CP(C)(=O)c1ccc(-c2ccc3nc4n(c3c2)C2CC4N=C(N=CN)c3cccc(F)c32)cc1F. The number of amidine groups is 1. The summed E-state index contributed by atoms with van der Waals surface area (Å²) in [7, 11) is -2.72. The number of imidazole rings is 1. The highest BCUT2D eigenvalue weighted by Gasteiger charge is 2.40. The molecular weight excluding hydrogens is 467 g/mol. The third kappa shape index (κ3) is 3.35. The van der Waals surface area contributed by atoms with Crippen LogP contribution in [0.4, 0.5) is 8.78 Å². The van der Waals surface area contributed by atoms with Crippen LogP contribution in [-0.4, -0.2) is 35.1 Å². The molecule has 4 aromatic rings. The Balaban J connectivity index is 1.54. The molecule has 6 nitrogen and oxygen atoms in total. The van der Waals surface area contributed by atoms with E-state index in [1.165, 1.54) is 18.5 Å². The maximum Gasteiger partial charge on any atom is 0.157 e. The van der Waals surface area contributed by atoms with Gasteiger partial charge in [-0.05, 0) is 54.8 Å². The average molecular weight is 489 g/mol. The maximum atomic E-state index is 15.2. The van der Waals surface area contributed by atoms with Crippen molar-refractivity contribution in [1.29, 1.82) is 0 Å². The van der Waals surface area contributed by atoms with Crippen LogP contribution in [0.5, 0.6) is 0 Å². The highest BCUT2D eigenvalue weighted by Crippen LogP contribution is 2.47. The number of hydrogen-bond acceptors (Lipinski definition) is 4. The van der Waals surface area contributed by atoms with Gasteiger partial charge < -0.3 is 14.9 Å². The van der Waals surface area contributed by atoms with E-state index in [-0.39, 0.29) is 23.2 Å². The lowest BCUT2D eigenvalue weighted by atomic mass is 9.97. The summed E-state index contributed by atoms with van der Waals surface area (Å²) in [5.41, 5.74) is 9.70. The van der Waals surface area contributed by atoms with Gasteiger partial charge in [0.05, 0.1) is 23.4 Å². The van der Waals surface area contributed by atoms with Crippen LogP contribution >= 0.6 is 7.14 Å². The van der Waals surface area contributed by atoms with Crippen molar-refractivity contribution in [2.75, 3.05) is 13.3 Å². The molecule has 1 aromatic heterocycles. The molecule has 9 heteroatoms. The molecule has 6 rings (SSSR count). The van der Waals surface area contributed by atoms with Crippen LogP contribution in [0.15, 0.2) is 64.6 Å². The number of rotatable bonds is 2. The Hall–Kier alpha value is -3.64. The van der Waals surface area contributed by atoms with E-state index in [1.54, 1.807) is 37.6 Å². The Morgan fingerprint density at radius 2 is 1.86 bits per heavy atom. The molecule has 2 aliphatic heterocycles. The standard InChI is InChI=1S/C26H22F2N5OP/c1-35(2,34)23-9-7-14(10-18(23)28)15-6-8-19-21(11-15)33-22-12-20(26(33)32-19)31-25(30-13-29)16-4-3-5-17(27)24(16)22/h3-11,13,20,22H,12H2,1-2H3,(H2,29,30,31). The Kier molecular flexibility index (Phi) is 4.80. The maximum absolute atomic E-state index is 15.2. The first kappa shape index (κ1) is 21.9. The quantitative estimate of drug-likeness (QED) is 0.244. The van der Waals surface area contributed by atoms with Gasteiger partial charge in [-0.1, -0.05) is 24.3 Å². The van der Waals surface area contributed by atoms with E-state index >= 15 is 4.39 Å². The highest BCUT2D eigenvalue weighted by atomic mass is 31.2. The zero-order valence-electron chi connectivity index (χ0n) is 19.1. The molecule has 2 unspecified atom stereocenters. The van der Waals surface area contributed by atoms with Crippen LogP contribution in [0.2, 0.25) is 0 Å². The number of aromatic nitrogens is 2. The van der Waals surface area contributed by atoms with Gasteiger partial charge in [-0.15, -0.1) is 0 Å². The topological polar surface area (TPSA) is 85.6 Å². The van der Waals surface area contributed by atoms with Crippen molar-refractivity contribution in [2.45, 2.75) is 18.5 Å². The Morgan fingerprint density at radius 1 is 1.09 bits per heavy atom. The molecule has 3 aromatic carbocycles. The number of fused-ring (bicyclic) bond motifs is 9. The molecular formula is C26H22F2N5OP. The zero-order valence-corrected chi connectivity index (χ0v) is 20.0. The molecule has 0 saturated heterocycles. The Labute approximate surface area is 200 Å². The molecule has 0 saturated carbocycles. The monoisotopic (exact) mass is 489 g/mol. The van der Waals surface area contributed by atoms with Crippen molar-refractivity contribution in [3.05, 3.63) is 83.2 Å². The number of halogens is 2. The molecule has 0 spiro atoms. The largest absolute Gasteiger partial charge is 0.390 e. The van der Waals surface area contributed by atoms with Gasteiger partial charge in [0.2, 0.25) is 0 Å². The molecule has 2 aliphatic rings. The van der Waals surface area contributed by atoms with Gasteiger partial charge in [-0.2, -0.15) is 0 Å². The van der Waals surface area contributed by atoms with E-state index in [1.807, 2.05) is 22.8 Å². The molecule has 0 aliphatic carbocycles. The Bertz CT molecular complexity index is 1630. The van der Waals surface area contributed by atoms with Gasteiger partial charge in [0, 0.05) is 22.9 Å². The van der Waals surface area contributed by atoms with Crippen molar-refractivity contribution in [3.8, 4) is 11.1 Å². The summed E-state index contributed by atoms with van der Waals surface area (Å²) in [5.74, 6) is 0.314. The summed E-state index contributed by atoms with van der Waals surface area (Å²) >= 11 is 0. The van der Waals surface area contributed by atoms with E-state index in [4.69, 9.17) is 15.7 Å². The lowest BCUT2D eigenvalue weighted by Crippen LogP contribution is -2.14. The van der Waals surface area contributed by atoms with Crippen molar-refractivity contribution >= 4 is 35.7 Å². The smallest absolute Gasteiger partial charge is 0.157 e. The minimum absolute atomic E-state index is 0.235. The van der Waals surface area contributed by atoms with Crippen LogP contribution in [0.1, 0.15) is 35.5 Å². The number of benzene rings is 3. The number of hydrogen-bond donors (Lipinski definition) is 1. The fourth-order valence-electron chi connectivity index (χ4n) is 5.22. The van der Waals surface area contributed by atoms with Gasteiger partial charge in [-0.25, -0.2) is 18.8 Å². The molecule has 0 fully saturated rings. The van der Waals surface area contributed by atoms with Crippen LogP contribution in [0, 0.1) is 11.6 Å². The fraction of sp³-hybridized carbons (Fsp3) is 0.192. The summed E-state index contributed by atoms with van der Waals surface area (Å²) < 4.78 is 44.4. The average Bonchev–Trinajstić information content (AvgIpc) is 3.29. The van der Waals surface area contributed by atoms with Crippen LogP contribution in [0.3, 0.4) is 0 Å². The second kappa shape index (κ2) is 7.68. The van der Waals surface area contributed by atoms with Gasteiger partial charge in [0.25, 0.3) is 0 Å².